The van der Waals surface area contributed by atoms with Gasteiger partial charge in [-0.05, 0) is 32.3 Å². The van der Waals surface area contributed by atoms with Gasteiger partial charge in [-0.25, -0.2) is 4.98 Å². The van der Waals surface area contributed by atoms with Gasteiger partial charge in [-0.1, -0.05) is 6.07 Å². The molecule has 0 spiro atoms. The highest BCUT2D eigenvalue weighted by molar-refractivity contribution is 5.14. The third-order valence-electron chi connectivity index (χ3n) is 2.55. The highest BCUT2D eigenvalue weighted by Gasteiger charge is 2.14. The van der Waals surface area contributed by atoms with E-state index in [9.17, 15) is 0 Å². The van der Waals surface area contributed by atoms with Gasteiger partial charge in [-0.3, -0.25) is 0 Å². The first-order chi connectivity index (χ1) is 7.34. The molecule has 0 amide bonds. The molecule has 0 aromatic carbocycles. The Hall–Kier alpha value is -1.09. The van der Waals surface area contributed by atoms with Gasteiger partial charge in [-0.15, -0.1) is 0 Å². The van der Waals surface area contributed by atoms with Crippen LogP contribution >= 0.6 is 0 Å². The zero-order valence-corrected chi connectivity index (χ0v) is 9.11. The molecule has 0 N–H and O–H groups in total. The Labute approximate surface area is 90.4 Å². The van der Waals surface area contributed by atoms with E-state index in [1.54, 1.807) is 0 Å². The molecule has 82 valence electrons. The maximum Gasteiger partial charge on any atom is 0.213 e. The minimum atomic E-state index is 0.251. The lowest BCUT2D eigenvalue weighted by Gasteiger charge is -2.22. The van der Waals surface area contributed by atoms with Crippen LogP contribution in [0.3, 0.4) is 0 Å². The molecule has 0 bridgehead atoms. The van der Waals surface area contributed by atoms with Crippen LogP contribution in [0.25, 0.3) is 0 Å². The van der Waals surface area contributed by atoms with E-state index in [0.29, 0.717) is 12.5 Å². The van der Waals surface area contributed by atoms with Gasteiger partial charge in [0.25, 0.3) is 0 Å². The van der Waals surface area contributed by atoms with E-state index in [1.807, 2.05) is 25.1 Å². The number of nitrogens with zero attached hydrogens (tertiary/aromatic N) is 1. The Morgan fingerprint density at radius 3 is 3.13 bits per heavy atom. The first kappa shape index (κ1) is 10.4. The largest absolute Gasteiger partial charge is 0.475 e. The SMILES string of the molecule is Cc1cccc(OCC2CCCCO2)n1. The molecule has 3 heteroatoms. The summed E-state index contributed by atoms with van der Waals surface area (Å²) in [7, 11) is 0. The zero-order valence-electron chi connectivity index (χ0n) is 9.11. The van der Waals surface area contributed by atoms with Gasteiger partial charge in [0.15, 0.2) is 0 Å². The molecule has 15 heavy (non-hydrogen) atoms. The van der Waals surface area contributed by atoms with E-state index in [2.05, 4.69) is 4.98 Å². The monoisotopic (exact) mass is 207 g/mol. The van der Waals surface area contributed by atoms with Crippen molar-refractivity contribution in [2.45, 2.75) is 32.3 Å². The Kier molecular flexibility index (Phi) is 3.56. The van der Waals surface area contributed by atoms with Gasteiger partial charge in [0.1, 0.15) is 6.61 Å². The number of aryl methyl sites for hydroxylation is 1. The standard InChI is InChI=1S/C12H17NO2/c1-10-5-4-7-12(13-10)15-9-11-6-2-3-8-14-11/h4-5,7,11H,2-3,6,8-9H2,1H3. The van der Waals surface area contributed by atoms with Crippen molar-refractivity contribution < 1.29 is 9.47 Å². The molecular weight excluding hydrogens is 190 g/mol. The van der Waals surface area contributed by atoms with E-state index in [1.165, 1.54) is 12.8 Å². The van der Waals surface area contributed by atoms with Gasteiger partial charge in [0.05, 0.1) is 6.10 Å². The Bertz CT molecular complexity index is 308. The zero-order chi connectivity index (χ0) is 10.5. The second-order valence-electron chi connectivity index (χ2n) is 3.92. The van der Waals surface area contributed by atoms with Gasteiger partial charge in [0, 0.05) is 18.4 Å². The Balaban J connectivity index is 1.81. The van der Waals surface area contributed by atoms with Crippen LogP contribution in [0.4, 0.5) is 0 Å². The lowest BCUT2D eigenvalue weighted by molar-refractivity contribution is -0.0119. The number of ether oxygens (including phenoxy) is 2. The maximum absolute atomic E-state index is 5.59. The van der Waals surface area contributed by atoms with Gasteiger partial charge < -0.3 is 9.47 Å². The predicted molar refractivity (Wildman–Crippen MR) is 58.1 cm³/mol. The van der Waals surface area contributed by atoms with Crippen LogP contribution in [0.1, 0.15) is 25.0 Å². The molecule has 0 aliphatic carbocycles. The summed E-state index contributed by atoms with van der Waals surface area (Å²) in [5.41, 5.74) is 0.983. The van der Waals surface area contributed by atoms with Crippen LogP contribution in [-0.2, 0) is 4.74 Å². The molecule has 1 saturated heterocycles. The molecule has 3 nitrogen and oxygen atoms in total. The molecule has 1 aromatic rings. The number of aromatic nitrogens is 1. The quantitative estimate of drug-likeness (QED) is 0.762. The third-order valence-corrected chi connectivity index (χ3v) is 2.55. The topological polar surface area (TPSA) is 31.4 Å². The van der Waals surface area contributed by atoms with Crippen LogP contribution in [0, 0.1) is 6.92 Å². The molecule has 1 aromatic heterocycles. The summed E-state index contributed by atoms with van der Waals surface area (Å²) >= 11 is 0. The predicted octanol–water partition coefficient (Wildman–Crippen LogP) is 2.34. The minimum Gasteiger partial charge on any atom is -0.475 e. The summed E-state index contributed by atoms with van der Waals surface area (Å²) in [5, 5.41) is 0. The van der Waals surface area contributed by atoms with Gasteiger partial charge >= 0.3 is 0 Å². The molecule has 1 atom stereocenters. The van der Waals surface area contributed by atoms with Crippen molar-refractivity contribution >= 4 is 0 Å². The van der Waals surface area contributed by atoms with E-state index in [-0.39, 0.29) is 6.10 Å². The lowest BCUT2D eigenvalue weighted by Crippen LogP contribution is -2.26. The second kappa shape index (κ2) is 5.12. The molecule has 1 unspecified atom stereocenters. The number of pyridine rings is 1. The van der Waals surface area contributed by atoms with Gasteiger partial charge in [-0.2, -0.15) is 0 Å². The highest BCUT2D eigenvalue weighted by atomic mass is 16.5. The van der Waals surface area contributed by atoms with Gasteiger partial charge in [0.2, 0.25) is 5.88 Å². The number of hydrogen-bond donors (Lipinski definition) is 0. The molecule has 1 aliphatic heterocycles. The molecule has 2 heterocycles. The Morgan fingerprint density at radius 1 is 1.47 bits per heavy atom. The van der Waals surface area contributed by atoms with Crippen molar-refractivity contribution in [1.82, 2.24) is 4.98 Å². The van der Waals surface area contributed by atoms with Crippen molar-refractivity contribution in [2.75, 3.05) is 13.2 Å². The summed E-state index contributed by atoms with van der Waals surface area (Å²) in [4.78, 5) is 4.28. The van der Waals surface area contributed by atoms with Crippen molar-refractivity contribution in [3.05, 3.63) is 23.9 Å². The number of hydrogen-bond acceptors (Lipinski definition) is 3. The van der Waals surface area contributed by atoms with E-state index in [4.69, 9.17) is 9.47 Å². The second-order valence-corrected chi connectivity index (χ2v) is 3.92. The number of rotatable bonds is 3. The highest BCUT2D eigenvalue weighted by Crippen LogP contribution is 2.14. The van der Waals surface area contributed by atoms with Crippen LogP contribution in [0.2, 0.25) is 0 Å². The van der Waals surface area contributed by atoms with Crippen molar-refractivity contribution in [3.8, 4) is 5.88 Å². The van der Waals surface area contributed by atoms with Crippen molar-refractivity contribution in [3.63, 3.8) is 0 Å². The first-order valence-corrected chi connectivity index (χ1v) is 5.52. The lowest BCUT2D eigenvalue weighted by atomic mass is 10.1. The smallest absolute Gasteiger partial charge is 0.213 e. The van der Waals surface area contributed by atoms with E-state index in [0.717, 1.165) is 18.7 Å². The summed E-state index contributed by atoms with van der Waals surface area (Å²) in [5.74, 6) is 0.698. The van der Waals surface area contributed by atoms with Crippen LogP contribution < -0.4 is 4.74 Å². The normalized spacial score (nSPS) is 21.3. The van der Waals surface area contributed by atoms with E-state index >= 15 is 0 Å². The fourth-order valence-electron chi connectivity index (χ4n) is 1.72. The third kappa shape index (κ3) is 3.20. The summed E-state index contributed by atoms with van der Waals surface area (Å²) in [6.45, 7) is 3.45. The average Bonchev–Trinajstić information content (AvgIpc) is 2.28. The summed E-state index contributed by atoms with van der Waals surface area (Å²) in [6.07, 6.45) is 3.78. The fraction of sp³-hybridized carbons (Fsp3) is 0.583. The summed E-state index contributed by atoms with van der Waals surface area (Å²) < 4.78 is 11.2. The molecule has 1 aliphatic rings. The summed E-state index contributed by atoms with van der Waals surface area (Å²) in [6, 6.07) is 5.80. The molecule has 0 saturated carbocycles. The van der Waals surface area contributed by atoms with E-state index < -0.39 is 0 Å². The van der Waals surface area contributed by atoms with Crippen LogP contribution in [-0.4, -0.2) is 24.3 Å². The van der Waals surface area contributed by atoms with Crippen molar-refractivity contribution in [2.24, 2.45) is 0 Å². The molecule has 1 fully saturated rings. The molecular formula is C12H17NO2. The maximum atomic E-state index is 5.59. The average molecular weight is 207 g/mol. The minimum absolute atomic E-state index is 0.251. The Morgan fingerprint density at radius 2 is 2.40 bits per heavy atom. The molecule has 2 rings (SSSR count). The fourth-order valence-corrected chi connectivity index (χ4v) is 1.72. The van der Waals surface area contributed by atoms with Crippen LogP contribution in [0.5, 0.6) is 5.88 Å². The molecule has 0 radical (unpaired) electrons. The first-order valence-electron chi connectivity index (χ1n) is 5.52. The van der Waals surface area contributed by atoms with Crippen LogP contribution in [0.15, 0.2) is 18.2 Å². The van der Waals surface area contributed by atoms with Crippen molar-refractivity contribution in [1.29, 1.82) is 0 Å².